The lowest BCUT2D eigenvalue weighted by Crippen LogP contribution is -2.60. The first kappa shape index (κ1) is 44.2. The normalized spacial score (nSPS) is 23.4. The highest BCUT2D eigenvalue weighted by molar-refractivity contribution is 5.76. The quantitative estimate of drug-likeness (QED) is 0.0475. The van der Waals surface area contributed by atoms with E-state index in [0.29, 0.717) is 6.42 Å². The molecule has 0 aromatic heterocycles. The molecule has 8 atom stereocenters. The first-order valence-electron chi connectivity index (χ1n) is 19.3. The number of hydrogen-bond acceptors (Lipinski definition) is 9. The molecule has 0 aromatic rings. The maximum atomic E-state index is 12.9. The summed E-state index contributed by atoms with van der Waals surface area (Å²) in [6.45, 7) is 3.56. The summed E-state index contributed by atoms with van der Waals surface area (Å²) in [6, 6.07) is -0.981. The van der Waals surface area contributed by atoms with Crippen molar-refractivity contribution in [2.45, 2.75) is 217 Å². The summed E-state index contributed by atoms with van der Waals surface area (Å²) in [5.41, 5.74) is 0. The molecule has 1 rings (SSSR count). The van der Waals surface area contributed by atoms with Crippen LogP contribution in [0.25, 0.3) is 0 Å². The number of carbonyl (C=O) groups is 1. The van der Waals surface area contributed by atoms with Gasteiger partial charge in [0.2, 0.25) is 5.91 Å². The van der Waals surface area contributed by atoms with E-state index in [1.54, 1.807) is 0 Å². The second-order valence-corrected chi connectivity index (χ2v) is 13.9. The molecule has 0 saturated carbocycles. The van der Waals surface area contributed by atoms with Crippen molar-refractivity contribution in [3.05, 3.63) is 0 Å². The molecule has 1 amide bonds. The van der Waals surface area contributed by atoms with Crippen LogP contribution in [0.1, 0.15) is 168 Å². The van der Waals surface area contributed by atoms with Gasteiger partial charge in [-0.1, -0.05) is 149 Å². The van der Waals surface area contributed by atoms with Crippen molar-refractivity contribution in [3.63, 3.8) is 0 Å². The number of hydrogen-bond donors (Lipinski definition) is 7. The molecule has 2 unspecified atom stereocenters. The summed E-state index contributed by atoms with van der Waals surface area (Å²) >= 11 is 0. The molecule has 1 saturated heterocycles. The van der Waals surface area contributed by atoms with Crippen LogP contribution < -0.4 is 5.32 Å². The zero-order valence-electron chi connectivity index (χ0n) is 29.9. The van der Waals surface area contributed by atoms with E-state index in [9.17, 15) is 35.4 Å². The lowest BCUT2D eigenvalue weighted by molar-refractivity contribution is -0.303. The Morgan fingerprint density at radius 3 is 1.57 bits per heavy atom. The Labute approximate surface area is 286 Å². The highest BCUT2D eigenvalue weighted by Gasteiger charge is 2.44. The minimum absolute atomic E-state index is 0.260. The topological polar surface area (TPSA) is 169 Å². The van der Waals surface area contributed by atoms with Crippen LogP contribution in [0.3, 0.4) is 0 Å². The number of amides is 1. The van der Waals surface area contributed by atoms with Gasteiger partial charge in [0.05, 0.1) is 25.4 Å². The van der Waals surface area contributed by atoms with Gasteiger partial charge in [0.1, 0.15) is 30.5 Å². The van der Waals surface area contributed by atoms with Crippen molar-refractivity contribution >= 4 is 5.91 Å². The molecule has 0 aromatic carbocycles. The van der Waals surface area contributed by atoms with E-state index in [2.05, 4.69) is 19.2 Å². The molecule has 10 heteroatoms. The van der Waals surface area contributed by atoms with Crippen LogP contribution in [0.15, 0.2) is 0 Å². The van der Waals surface area contributed by atoms with E-state index < -0.39 is 55.6 Å². The summed E-state index contributed by atoms with van der Waals surface area (Å²) in [4.78, 5) is 12.9. The molecular formula is C37H73NO9. The predicted octanol–water partition coefficient (Wildman–Crippen LogP) is 5.41. The number of aliphatic hydroxyl groups is 6. The van der Waals surface area contributed by atoms with E-state index in [1.165, 1.54) is 89.9 Å². The van der Waals surface area contributed by atoms with Crippen LogP contribution in [0.5, 0.6) is 0 Å². The van der Waals surface area contributed by atoms with Gasteiger partial charge in [0.15, 0.2) is 6.29 Å². The molecule has 280 valence electrons. The molecule has 0 spiro atoms. The Balaban J connectivity index is 2.51. The monoisotopic (exact) mass is 676 g/mol. The maximum absolute atomic E-state index is 12.9. The number of carbonyl (C=O) groups excluding carboxylic acids is 1. The summed E-state index contributed by atoms with van der Waals surface area (Å²) < 4.78 is 11.1. The first-order valence-corrected chi connectivity index (χ1v) is 19.3. The van der Waals surface area contributed by atoms with Crippen molar-refractivity contribution < 1.29 is 44.9 Å². The summed E-state index contributed by atoms with van der Waals surface area (Å²) in [5, 5.41) is 64.7. The molecule has 1 heterocycles. The van der Waals surface area contributed by atoms with Crippen molar-refractivity contribution in [2.24, 2.45) is 0 Å². The van der Waals surface area contributed by atoms with Crippen LogP contribution in [0.4, 0.5) is 0 Å². The molecule has 47 heavy (non-hydrogen) atoms. The van der Waals surface area contributed by atoms with Crippen LogP contribution in [-0.4, -0.2) is 98.7 Å². The fraction of sp³-hybridized carbons (Fsp3) is 0.973. The van der Waals surface area contributed by atoms with Crippen LogP contribution in [0.2, 0.25) is 0 Å². The third-order valence-corrected chi connectivity index (χ3v) is 9.55. The lowest BCUT2D eigenvalue weighted by atomic mass is 9.98. The fourth-order valence-electron chi connectivity index (χ4n) is 6.31. The summed E-state index contributed by atoms with van der Waals surface area (Å²) in [5.74, 6) is -0.260. The number of nitrogens with one attached hydrogen (secondary N) is 1. The summed E-state index contributed by atoms with van der Waals surface area (Å²) in [6.07, 6.45) is 16.9. The Hall–Kier alpha value is -0.850. The molecule has 0 radical (unpaired) electrons. The molecule has 0 aliphatic carbocycles. The molecule has 1 aliphatic rings. The second kappa shape index (κ2) is 28.9. The zero-order valence-corrected chi connectivity index (χ0v) is 29.9. The van der Waals surface area contributed by atoms with Gasteiger partial charge in [-0.2, -0.15) is 0 Å². The Kier molecular flexibility index (Phi) is 27.2. The zero-order chi connectivity index (χ0) is 34.7. The van der Waals surface area contributed by atoms with Gasteiger partial charge in [0.25, 0.3) is 0 Å². The van der Waals surface area contributed by atoms with E-state index >= 15 is 0 Å². The summed E-state index contributed by atoms with van der Waals surface area (Å²) in [7, 11) is 0. The standard InChI is InChI=1S/C37H73NO9/c1-3-5-7-9-11-13-15-17-19-21-23-25-30(40)33(42)29(28-46-37-36(45)35(44)34(43)31(27-39)47-37)38-32(41)26-24-22-20-18-16-14-12-10-8-6-4-2/h29-31,33-37,39-40,42-45H,3-28H2,1-2H3,(H,38,41)/t29-,30+,31+,33-,34-,35?,36?,37+/m0/s1. The van der Waals surface area contributed by atoms with E-state index in [4.69, 9.17) is 9.47 Å². The number of aliphatic hydroxyl groups excluding tert-OH is 6. The first-order chi connectivity index (χ1) is 22.8. The predicted molar refractivity (Wildman–Crippen MR) is 186 cm³/mol. The van der Waals surface area contributed by atoms with Gasteiger partial charge in [-0.25, -0.2) is 0 Å². The molecular weight excluding hydrogens is 602 g/mol. The third kappa shape index (κ3) is 20.4. The van der Waals surface area contributed by atoms with Crippen LogP contribution >= 0.6 is 0 Å². The maximum Gasteiger partial charge on any atom is 0.220 e. The Morgan fingerprint density at radius 2 is 1.11 bits per heavy atom. The van der Waals surface area contributed by atoms with E-state index in [0.717, 1.165) is 51.4 Å². The lowest BCUT2D eigenvalue weighted by Gasteiger charge is -2.40. The molecule has 7 N–H and O–H groups in total. The Bertz CT molecular complexity index is 728. The number of unbranched alkanes of at least 4 members (excludes halogenated alkanes) is 20. The van der Waals surface area contributed by atoms with E-state index in [1.807, 2.05) is 0 Å². The van der Waals surface area contributed by atoms with Gasteiger partial charge in [-0.15, -0.1) is 0 Å². The molecule has 0 bridgehead atoms. The Morgan fingerprint density at radius 1 is 0.660 bits per heavy atom. The van der Waals surface area contributed by atoms with Gasteiger partial charge >= 0.3 is 0 Å². The third-order valence-electron chi connectivity index (χ3n) is 9.55. The van der Waals surface area contributed by atoms with Crippen LogP contribution in [0, 0.1) is 0 Å². The smallest absolute Gasteiger partial charge is 0.220 e. The molecule has 1 aliphatic heterocycles. The molecule has 1 fully saturated rings. The average Bonchev–Trinajstić information content (AvgIpc) is 3.07. The number of ether oxygens (including phenoxy) is 2. The van der Waals surface area contributed by atoms with Crippen molar-refractivity contribution in [2.75, 3.05) is 13.2 Å². The van der Waals surface area contributed by atoms with Gasteiger partial charge in [0, 0.05) is 6.42 Å². The van der Waals surface area contributed by atoms with Gasteiger partial charge in [-0.3, -0.25) is 4.79 Å². The number of rotatable bonds is 31. The highest BCUT2D eigenvalue weighted by Crippen LogP contribution is 2.23. The highest BCUT2D eigenvalue weighted by atomic mass is 16.7. The van der Waals surface area contributed by atoms with Crippen LogP contribution in [-0.2, 0) is 14.3 Å². The second-order valence-electron chi connectivity index (χ2n) is 13.9. The van der Waals surface area contributed by atoms with Crippen molar-refractivity contribution in [1.29, 1.82) is 0 Å². The average molecular weight is 676 g/mol. The van der Waals surface area contributed by atoms with Crippen molar-refractivity contribution in [1.82, 2.24) is 5.32 Å². The van der Waals surface area contributed by atoms with Gasteiger partial charge < -0.3 is 45.4 Å². The molecule has 10 nitrogen and oxygen atoms in total. The SMILES string of the molecule is CCCCCCCCCCCCCC(=O)N[C@@H](CO[C@@H]1O[C@H](CO)[C@H](O)C(O)C1O)[C@H](O)[C@H](O)CCCCCCCCCCCCC. The van der Waals surface area contributed by atoms with Crippen molar-refractivity contribution in [3.8, 4) is 0 Å². The fourth-order valence-corrected chi connectivity index (χ4v) is 6.31. The minimum atomic E-state index is -1.60. The minimum Gasteiger partial charge on any atom is -0.394 e. The van der Waals surface area contributed by atoms with E-state index in [-0.39, 0.29) is 18.9 Å². The largest absolute Gasteiger partial charge is 0.394 e. The van der Waals surface area contributed by atoms with Gasteiger partial charge in [-0.05, 0) is 12.8 Å².